The van der Waals surface area contributed by atoms with Gasteiger partial charge in [-0.15, -0.1) is 0 Å². The summed E-state index contributed by atoms with van der Waals surface area (Å²) >= 11 is 3.34. The standard InChI is InChI=1S/C16H22N2OS.C15H20N2OS.2H2S/c1-11(12-6-4-3-5-7-12)17-16-18-14-9-8-13(19-2)10-15(14)20-16;1-10(11-5-3-2-4-6-11)16-15-17-13-8-7-12(18)9-14(13)19-15;;/h8-12H,3-7H2,1-2H3,(H,17,18);7-11,18H,2-6H2,1H3,(H,16,17);2*1H2/t11-;10-;;/m00../s1. The van der Waals surface area contributed by atoms with E-state index in [-0.39, 0.29) is 27.0 Å². The van der Waals surface area contributed by atoms with Crippen molar-refractivity contribution in [1.29, 1.82) is 0 Å². The predicted molar refractivity (Wildman–Crippen MR) is 188 cm³/mol. The number of phenolic OH excluding ortho intramolecular Hbond substituents is 1. The van der Waals surface area contributed by atoms with Crippen molar-refractivity contribution in [2.24, 2.45) is 11.8 Å². The largest absolute Gasteiger partial charge is 0.508 e. The van der Waals surface area contributed by atoms with E-state index < -0.39 is 0 Å². The summed E-state index contributed by atoms with van der Waals surface area (Å²) in [5.41, 5.74) is 2.01. The number of thiazole rings is 2. The van der Waals surface area contributed by atoms with Gasteiger partial charge in [-0.2, -0.15) is 27.0 Å². The fourth-order valence-electron chi connectivity index (χ4n) is 5.96. The molecule has 0 spiro atoms. The summed E-state index contributed by atoms with van der Waals surface area (Å²) in [6.45, 7) is 4.56. The van der Waals surface area contributed by atoms with E-state index in [0.717, 1.165) is 43.6 Å². The molecule has 2 aliphatic rings. The highest BCUT2D eigenvalue weighted by atomic mass is 32.1. The van der Waals surface area contributed by atoms with Crippen molar-refractivity contribution < 1.29 is 9.84 Å². The van der Waals surface area contributed by atoms with Crippen LogP contribution in [0.3, 0.4) is 0 Å². The molecule has 10 heteroatoms. The zero-order chi connectivity index (χ0) is 27.2. The van der Waals surface area contributed by atoms with E-state index in [9.17, 15) is 5.11 Å². The molecule has 2 aliphatic carbocycles. The number of phenols is 1. The van der Waals surface area contributed by atoms with Crippen LogP contribution in [0.25, 0.3) is 20.4 Å². The fourth-order valence-corrected chi connectivity index (χ4v) is 7.95. The maximum atomic E-state index is 9.48. The van der Waals surface area contributed by atoms with Crippen molar-refractivity contribution in [3.8, 4) is 11.5 Å². The van der Waals surface area contributed by atoms with Crippen molar-refractivity contribution >= 4 is 80.4 Å². The molecule has 0 amide bonds. The third-order valence-corrected chi connectivity index (χ3v) is 10.3. The average Bonchev–Trinajstić information content (AvgIpc) is 3.56. The third-order valence-electron chi connectivity index (χ3n) is 8.38. The summed E-state index contributed by atoms with van der Waals surface area (Å²) in [7, 11) is 1.70. The highest BCUT2D eigenvalue weighted by molar-refractivity contribution is 7.59. The number of ether oxygens (including phenoxy) is 1. The number of benzene rings is 2. The van der Waals surface area contributed by atoms with Crippen molar-refractivity contribution in [3.63, 3.8) is 0 Å². The molecule has 6 rings (SSSR count). The van der Waals surface area contributed by atoms with Gasteiger partial charge in [-0.3, -0.25) is 0 Å². The van der Waals surface area contributed by atoms with Gasteiger partial charge in [-0.05, 0) is 87.8 Å². The Labute approximate surface area is 266 Å². The summed E-state index contributed by atoms with van der Waals surface area (Å²) in [6, 6.07) is 12.4. The molecule has 0 aliphatic heterocycles. The Kier molecular flexibility index (Phi) is 13.2. The molecule has 0 radical (unpaired) electrons. The number of rotatable bonds is 7. The quantitative estimate of drug-likeness (QED) is 0.188. The van der Waals surface area contributed by atoms with Gasteiger partial charge in [-0.25, -0.2) is 9.97 Å². The molecule has 6 nitrogen and oxygen atoms in total. The lowest BCUT2D eigenvalue weighted by Gasteiger charge is -2.28. The zero-order valence-electron chi connectivity index (χ0n) is 24.4. The zero-order valence-corrected chi connectivity index (χ0v) is 28.0. The van der Waals surface area contributed by atoms with Crippen LogP contribution in [0.15, 0.2) is 36.4 Å². The molecule has 41 heavy (non-hydrogen) atoms. The maximum absolute atomic E-state index is 9.48. The van der Waals surface area contributed by atoms with Gasteiger partial charge >= 0.3 is 0 Å². The number of nitrogens with zero attached hydrogens (tertiary/aromatic N) is 2. The minimum Gasteiger partial charge on any atom is -0.508 e. The van der Waals surface area contributed by atoms with Gasteiger partial charge in [0, 0.05) is 12.1 Å². The van der Waals surface area contributed by atoms with Crippen LogP contribution in [0.5, 0.6) is 11.5 Å². The van der Waals surface area contributed by atoms with Gasteiger partial charge in [0.05, 0.1) is 27.5 Å². The fraction of sp³-hybridized carbons (Fsp3) is 0.548. The van der Waals surface area contributed by atoms with Gasteiger partial charge in [0.1, 0.15) is 11.5 Å². The molecule has 2 atom stereocenters. The van der Waals surface area contributed by atoms with Crippen molar-refractivity contribution in [3.05, 3.63) is 36.4 Å². The Morgan fingerprint density at radius 3 is 1.68 bits per heavy atom. The first kappa shape index (κ1) is 33.6. The summed E-state index contributed by atoms with van der Waals surface area (Å²) in [5, 5.41) is 18.6. The highest BCUT2D eigenvalue weighted by Crippen LogP contribution is 2.34. The van der Waals surface area contributed by atoms with Crippen LogP contribution in [0.2, 0.25) is 0 Å². The number of anilines is 2. The number of nitrogens with one attached hydrogen (secondary N) is 2. The highest BCUT2D eigenvalue weighted by Gasteiger charge is 2.22. The summed E-state index contributed by atoms with van der Waals surface area (Å²) in [4.78, 5) is 9.26. The van der Waals surface area contributed by atoms with E-state index in [1.165, 1.54) is 68.9 Å². The van der Waals surface area contributed by atoms with Crippen LogP contribution < -0.4 is 15.4 Å². The van der Waals surface area contributed by atoms with E-state index in [2.05, 4.69) is 40.5 Å². The Morgan fingerprint density at radius 2 is 1.20 bits per heavy atom. The van der Waals surface area contributed by atoms with E-state index >= 15 is 0 Å². The third kappa shape index (κ3) is 9.05. The van der Waals surface area contributed by atoms with Gasteiger partial charge in [0.15, 0.2) is 10.3 Å². The van der Waals surface area contributed by atoms with Crippen LogP contribution in [-0.4, -0.2) is 34.3 Å². The van der Waals surface area contributed by atoms with Gasteiger partial charge in [0.2, 0.25) is 0 Å². The smallest absolute Gasteiger partial charge is 0.184 e. The Morgan fingerprint density at radius 1 is 0.732 bits per heavy atom. The van der Waals surface area contributed by atoms with Crippen LogP contribution >= 0.6 is 49.7 Å². The lowest BCUT2D eigenvalue weighted by atomic mass is 9.85. The number of aromatic nitrogens is 2. The lowest BCUT2D eigenvalue weighted by Crippen LogP contribution is -2.27. The van der Waals surface area contributed by atoms with Crippen molar-refractivity contribution in [2.45, 2.75) is 90.1 Å². The number of methoxy groups -OCH3 is 1. The van der Waals surface area contributed by atoms with Crippen LogP contribution in [0.4, 0.5) is 10.3 Å². The summed E-state index contributed by atoms with van der Waals surface area (Å²) < 4.78 is 7.49. The Bertz CT molecular complexity index is 1350. The van der Waals surface area contributed by atoms with Crippen LogP contribution in [0, 0.1) is 11.8 Å². The predicted octanol–water partition coefficient (Wildman–Crippen LogP) is 9.29. The topological polar surface area (TPSA) is 79.3 Å². The minimum atomic E-state index is 0. The minimum absolute atomic E-state index is 0. The molecular weight excluding hydrogens is 589 g/mol. The molecule has 2 fully saturated rings. The molecule has 2 heterocycles. The first-order valence-corrected chi connectivity index (χ1v) is 16.2. The molecule has 2 aromatic carbocycles. The molecule has 3 N–H and O–H groups in total. The first-order valence-electron chi connectivity index (χ1n) is 14.6. The summed E-state index contributed by atoms with van der Waals surface area (Å²) in [5.74, 6) is 2.77. The summed E-state index contributed by atoms with van der Waals surface area (Å²) in [6.07, 6.45) is 13.7. The molecule has 2 aromatic heterocycles. The molecular formula is C31H46N4O2S4. The second-order valence-corrected chi connectivity index (χ2v) is 13.2. The Balaban J connectivity index is 0.000000215. The molecule has 0 bridgehead atoms. The van der Waals surface area contributed by atoms with Crippen LogP contribution in [0.1, 0.15) is 78.1 Å². The normalized spacial score (nSPS) is 17.4. The number of aromatic hydroxyl groups is 1. The number of hydrogen-bond acceptors (Lipinski definition) is 8. The van der Waals surface area contributed by atoms with E-state index in [4.69, 9.17) is 4.74 Å². The van der Waals surface area contributed by atoms with E-state index in [1.807, 2.05) is 18.2 Å². The van der Waals surface area contributed by atoms with E-state index in [0.29, 0.717) is 17.8 Å². The molecule has 0 unspecified atom stereocenters. The van der Waals surface area contributed by atoms with E-state index in [1.54, 1.807) is 41.9 Å². The number of fused-ring (bicyclic) bond motifs is 2. The first-order chi connectivity index (χ1) is 19.0. The lowest BCUT2D eigenvalue weighted by molar-refractivity contribution is 0.328. The molecule has 0 saturated heterocycles. The average molecular weight is 635 g/mol. The van der Waals surface area contributed by atoms with Crippen molar-refractivity contribution in [2.75, 3.05) is 17.7 Å². The monoisotopic (exact) mass is 634 g/mol. The second kappa shape index (κ2) is 16.1. The number of hydrogen-bond donors (Lipinski definition) is 3. The second-order valence-electron chi connectivity index (χ2n) is 11.2. The SMILES string of the molecule is COc1ccc2nc(N[C@@H](C)C3CCCCC3)sc2c1.C[C@H](Nc1nc2ccc(O)cc2s1)C1CCCCC1.S.S. The maximum Gasteiger partial charge on any atom is 0.184 e. The molecule has 2 saturated carbocycles. The molecule has 226 valence electrons. The van der Waals surface area contributed by atoms with Gasteiger partial charge < -0.3 is 20.5 Å². The van der Waals surface area contributed by atoms with Crippen molar-refractivity contribution in [1.82, 2.24) is 9.97 Å². The molecule has 4 aromatic rings. The van der Waals surface area contributed by atoms with Crippen LogP contribution in [-0.2, 0) is 0 Å². The van der Waals surface area contributed by atoms with Gasteiger partial charge in [0.25, 0.3) is 0 Å². The Hall–Kier alpha value is -1.88. The van der Waals surface area contributed by atoms with Gasteiger partial charge in [-0.1, -0.05) is 61.2 Å².